The molecule has 0 unspecified atom stereocenters. The average Bonchev–Trinajstić information content (AvgIpc) is 2.55. The Bertz CT molecular complexity index is 860. The molecule has 0 bridgehead atoms. The van der Waals surface area contributed by atoms with Crippen LogP contribution in [0.1, 0.15) is 0 Å². The zero-order valence-corrected chi connectivity index (χ0v) is 11.9. The van der Waals surface area contributed by atoms with Crippen molar-refractivity contribution in [2.75, 3.05) is 12.8 Å². The molecule has 0 radical (unpaired) electrons. The molecule has 1 aromatic carbocycles. The molecule has 3 rings (SSSR count). The number of benzene rings is 1. The van der Waals surface area contributed by atoms with E-state index in [4.69, 9.17) is 10.5 Å². The van der Waals surface area contributed by atoms with Gasteiger partial charge in [-0.3, -0.25) is 9.78 Å². The second-order valence-corrected chi connectivity index (χ2v) is 4.67. The van der Waals surface area contributed by atoms with E-state index in [-0.39, 0.29) is 5.56 Å². The third-order valence-corrected chi connectivity index (χ3v) is 3.22. The van der Waals surface area contributed by atoms with E-state index in [1.54, 1.807) is 43.8 Å². The number of aromatic nitrogens is 3. The molecule has 0 aliphatic heterocycles. The zero-order chi connectivity index (χ0) is 15.5. The van der Waals surface area contributed by atoms with Crippen molar-refractivity contribution < 1.29 is 4.74 Å². The third-order valence-electron chi connectivity index (χ3n) is 3.22. The number of nitrogens with one attached hydrogen (secondary N) is 1. The molecule has 110 valence electrons. The van der Waals surface area contributed by atoms with Crippen molar-refractivity contribution in [1.82, 2.24) is 15.0 Å². The van der Waals surface area contributed by atoms with Crippen molar-refractivity contribution in [2.24, 2.45) is 0 Å². The SMILES string of the molecule is COc1ccc(-c2cc(=O)[nH]c(-c3ccncc3)n2)cc1N. The first kappa shape index (κ1) is 13.8. The lowest BCUT2D eigenvalue weighted by molar-refractivity contribution is 0.417. The van der Waals surface area contributed by atoms with E-state index in [1.165, 1.54) is 6.07 Å². The van der Waals surface area contributed by atoms with Crippen LogP contribution in [0.25, 0.3) is 22.6 Å². The summed E-state index contributed by atoms with van der Waals surface area (Å²) in [6, 6.07) is 10.3. The third kappa shape index (κ3) is 2.67. The van der Waals surface area contributed by atoms with Crippen molar-refractivity contribution in [2.45, 2.75) is 0 Å². The van der Waals surface area contributed by atoms with Gasteiger partial charge in [-0.25, -0.2) is 4.98 Å². The second-order valence-electron chi connectivity index (χ2n) is 4.67. The minimum absolute atomic E-state index is 0.230. The monoisotopic (exact) mass is 294 g/mol. The summed E-state index contributed by atoms with van der Waals surface area (Å²) in [6.07, 6.45) is 3.29. The van der Waals surface area contributed by atoms with Crippen LogP contribution in [0.4, 0.5) is 5.69 Å². The van der Waals surface area contributed by atoms with Crippen LogP contribution in [-0.4, -0.2) is 22.1 Å². The standard InChI is InChI=1S/C16H14N4O2/c1-22-14-3-2-11(8-12(14)17)13-9-15(21)20-16(19-13)10-4-6-18-7-5-10/h2-9H,17H2,1H3,(H,19,20,21). The first-order valence-electron chi connectivity index (χ1n) is 6.63. The predicted octanol–water partition coefficient (Wildman–Crippen LogP) is 2.09. The number of nitrogens with two attached hydrogens (primary N) is 1. The highest BCUT2D eigenvalue weighted by molar-refractivity contribution is 5.69. The Balaban J connectivity index is 2.10. The van der Waals surface area contributed by atoms with Crippen molar-refractivity contribution in [1.29, 1.82) is 0 Å². The van der Waals surface area contributed by atoms with Gasteiger partial charge in [-0.2, -0.15) is 0 Å². The normalized spacial score (nSPS) is 10.4. The molecular weight excluding hydrogens is 280 g/mol. The minimum Gasteiger partial charge on any atom is -0.495 e. The summed E-state index contributed by atoms with van der Waals surface area (Å²) in [7, 11) is 1.55. The number of nitrogens with zero attached hydrogens (tertiary/aromatic N) is 2. The summed E-state index contributed by atoms with van der Waals surface area (Å²) < 4.78 is 5.13. The fraction of sp³-hybridized carbons (Fsp3) is 0.0625. The van der Waals surface area contributed by atoms with Gasteiger partial charge < -0.3 is 15.5 Å². The van der Waals surface area contributed by atoms with Gasteiger partial charge in [0, 0.05) is 29.6 Å². The van der Waals surface area contributed by atoms with Crippen LogP contribution in [0.2, 0.25) is 0 Å². The lowest BCUT2D eigenvalue weighted by atomic mass is 10.1. The largest absolute Gasteiger partial charge is 0.495 e. The lowest BCUT2D eigenvalue weighted by Crippen LogP contribution is -2.08. The number of H-pyrrole nitrogens is 1. The number of hydrogen-bond donors (Lipinski definition) is 2. The predicted molar refractivity (Wildman–Crippen MR) is 84.5 cm³/mol. The summed E-state index contributed by atoms with van der Waals surface area (Å²) >= 11 is 0. The van der Waals surface area contributed by atoms with Crippen LogP contribution in [0.15, 0.2) is 53.6 Å². The van der Waals surface area contributed by atoms with E-state index in [0.717, 1.165) is 11.1 Å². The first-order chi connectivity index (χ1) is 10.7. The highest BCUT2D eigenvalue weighted by Crippen LogP contribution is 2.27. The maximum Gasteiger partial charge on any atom is 0.251 e. The summed E-state index contributed by atoms with van der Waals surface area (Å²) in [4.78, 5) is 23.1. The quantitative estimate of drug-likeness (QED) is 0.721. The summed E-state index contributed by atoms with van der Waals surface area (Å²) in [5.74, 6) is 1.07. The number of anilines is 1. The van der Waals surface area contributed by atoms with Crippen molar-refractivity contribution in [3.05, 3.63) is 59.1 Å². The smallest absolute Gasteiger partial charge is 0.251 e. The fourth-order valence-corrected chi connectivity index (χ4v) is 2.15. The Morgan fingerprint density at radius 1 is 1.09 bits per heavy atom. The number of nitrogen functional groups attached to an aromatic ring is 1. The Hall–Kier alpha value is -3.15. The van der Waals surface area contributed by atoms with E-state index < -0.39 is 0 Å². The molecular formula is C16H14N4O2. The van der Waals surface area contributed by atoms with Gasteiger partial charge in [-0.05, 0) is 30.3 Å². The number of hydrogen-bond acceptors (Lipinski definition) is 5. The van der Waals surface area contributed by atoms with Crippen molar-refractivity contribution in [3.8, 4) is 28.4 Å². The van der Waals surface area contributed by atoms with Gasteiger partial charge in [0.05, 0.1) is 18.5 Å². The molecule has 0 spiro atoms. The van der Waals surface area contributed by atoms with E-state index in [9.17, 15) is 4.79 Å². The van der Waals surface area contributed by atoms with Gasteiger partial charge in [-0.15, -0.1) is 0 Å². The number of methoxy groups -OCH3 is 1. The van der Waals surface area contributed by atoms with Crippen LogP contribution in [-0.2, 0) is 0 Å². The van der Waals surface area contributed by atoms with Gasteiger partial charge in [-0.1, -0.05) is 0 Å². The molecule has 6 heteroatoms. The van der Waals surface area contributed by atoms with Crippen molar-refractivity contribution >= 4 is 5.69 Å². The molecule has 0 fully saturated rings. The number of rotatable bonds is 3. The van der Waals surface area contributed by atoms with Crippen molar-refractivity contribution in [3.63, 3.8) is 0 Å². The van der Waals surface area contributed by atoms with Crippen LogP contribution in [0.3, 0.4) is 0 Å². The van der Waals surface area contributed by atoms with E-state index >= 15 is 0 Å². The van der Waals surface area contributed by atoms with Gasteiger partial charge in [0.2, 0.25) is 0 Å². The van der Waals surface area contributed by atoms with Crippen LogP contribution in [0, 0.1) is 0 Å². The molecule has 3 N–H and O–H groups in total. The van der Waals surface area contributed by atoms with Gasteiger partial charge in [0.15, 0.2) is 0 Å². The molecule has 0 aliphatic carbocycles. The van der Waals surface area contributed by atoms with Crippen LogP contribution >= 0.6 is 0 Å². The van der Waals surface area contributed by atoms with E-state index in [1.807, 2.05) is 6.07 Å². The molecule has 2 aromatic heterocycles. The Morgan fingerprint density at radius 2 is 1.86 bits per heavy atom. The average molecular weight is 294 g/mol. The highest BCUT2D eigenvalue weighted by atomic mass is 16.5. The summed E-state index contributed by atoms with van der Waals surface area (Å²) in [5, 5.41) is 0. The first-order valence-corrected chi connectivity index (χ1v) is 6.63. The second kappa shape index (κ2) is 5.69. The lowest BCUT2D eigenvalue weighted by Gasteiger charge is -2.08. The molecule has 0 saturated heterocycles. The molecule has 0 atom stereocenters. The van der Waals surface area contributed by atoms with Crippen LogP contribution < -0.4 is 16.0 Å². The molecule has 22 heavy (non-hydrogen) atoms. The number of ether oxygens (including phenoxy) is 1. The molecule has 0 saturated carbocycles. The number of aromatic amines is 1. The van der Waals surface area contributed by atoms with Gasteiger partial charge in [0.25, 0.3) is 5.56 Å². The molecule has 0 amide bonds. The van der Waals surface area contributed by atoms with E-state index in [2.05, 4.69) is 15.0 Å². The maximum absolute atomic E-state index is 11.9. The molecule has 0 aliphatic rings. The topological polar surface area (TPSA) is 93.9 Å². The number of pyridine rings is 1. The highest BCUT2D eigenvalue weighted by Gasteiger charge is 2.08. The Labute approximate surface area is 126 Å². The molecule has 2 heterocycles. The van der Waals surface area contributed by atoms with Gasteiger partial charge >= 0.3 is 0 Å². The van der Waals surface area contributed by atoms with E-state index in [0.29, 0.717) is 23.0 Å². The minimum atomic E-state index is -0.230. The molecule has 3 aromatic rings. The Kier molecular flexibility index (Phi) is 3.57. The fourth-order valence-electron chi connectivity index (χ4n) is 2.15. The maximum atomic E-state index is 11.9. The van der Waals surface area contributed by atoms with Gasteiger partial charge in [0.1, 0.15) is 11.6 Å². The summed E-state index contributed by atoms with van der Waals surface area (Å²) in [6.45, 7) is 0. The zero-order valence-electron chi connectivity index (χ0n) is 11.9. The van der Waals surface area contributed by atoms with Crippen LogP contribution in [0.5, 0.6) is 5.75 Å². The summed E-state index contributed by atoms with van der Waals surface area (Å²) in [5.41, 5.74) is 8.26. The Morgan fingerprint density at radius 3 is 2.55 bits per heavy atom. The molecule has 6 nitrogen and oxygen atoms in total.